The predicted octanol–water partition coefficient (Wildman–Crippen LogP) is 3.30. The van der Waals surface area contributed by atoms with Gasteiger partial charge in [0.2, 0.25) is 0 Å². The quantitative estimate of drug-likeness (QED) is 0.877. The van der Waals surface area contributed by atoms with Gasteiger partial charge in [-0.1, -0.05) is 19.9 Å². The summed E-state index contributed by atoms with van der Waals surface area (Å²) in [5, 5.41) is 3.26. The van der Waals surface area contributed by atoms with Gasteiger partial charge in [0.15, 0.2) is 0 Å². The topological polar surface area (TPSA) is 34.1 Å². The van der Waals surface area contributed by atoms with Gasteiger partial charge in [0.05, 0.1) is 0 Å². The van der Waals surface area contributed by atoms with Crippen molar-refractivity contribution < 1.29 is 9.13 Å². The summed E-state index contributed by atoms with van der Waals surface area (Å²) >= 11 is 0. The maximum atomic E-state index is 13.6. The monoisotopic (exact) mass is 274 g/mol. The van der Waals surface area contributed by atoms with E-state index in [2.05, 4.69) is 24.1 Å². The molecule has 0 unspecified atom stereocenters. The Kier molecular flexibility index (Phi) is 5.07. The molecule has 0 spiro atoms. The van der Waals surface area contributed by atoms with E-state index in [-0.39, 0.29) is 5.82 Å². The molecule has 3 nitrogen and oxygen atoms in total. The minimum absolute atomic E-state index is 0.283. The maximum Gasteiger partial charge on any atom is 0.127 e. The van der Waals surface area contributed by atoms with E-state index in [0.29, 0.717) is 24.9 Å². The fraction of sp³-hybridized carbons (Fsp3) is 0.312. The molecule has 0 radical (unpaired) electrons. The van der Waals surface area contributed by atoms with Gasteiger partial charge in [-0.3, -0.25) is 4.98 Å². The van der Waals surface area contributed by atoms with Crippen LogP contribution in [0.5, 0.6) is 5.75 Å². The van der Waals surface area contributed by atoms with Crippen molar-refractivity contribution >= 4 is 0 Å². The van der Waals surface area contributed by atoms with Crippen molar-refractivity contribution in [1.82, 2.24) is 10.3 Å². The Morgan fingerprint density at radius 2 is 2.10 bits per heavy atom. The number of hydrogen-bond donors (Lipinski definition) is 1. The molecule has 0 aliphatic rings. The molecule has 2 aromatic rings. The molecule has 0 amide bonds. The van der Waals surface area contributed by atoms with Gasteiger partial charge < -0.3 is 10.1 Å². The molecular formula is C16H19FN2O. The number of benzene rings is 1. The van der Waals surface area contributed by atoms with Crippen LogP contribution in [0.1, 0.15) is 25.0 Å². The lowest BCUT2D eigenvalue weighted by Gasteiger charge is -2.11. The predicted molar refractivity (Wildman–Crippen MR) is 76.9 cm³/mol. The molecule has 0 aliphatic heterocycles. The number of ether oxygens (including phenoxy) is 1. The van der Waals surface area contributed by atoms with E-state index in [1.165, 1.54) is 12.1 Å². The molecule has 2 rings (SSSR count). The van der Waals surface area contributed by atoms with E-state index >= 15 is 0 Å². The first-order chi connectivity index (χ1) is 9.63. The van der Waals surface area contributed by atoms with Crippen molar-refractivity contribution in [2.24, 2.45) is 0 Å². The zero-order valence-corrected chi connectivity index (χ0v) is 11.8. The highest BCUT2D eigenvalue weighted by atomic mass is 19.1. The van der Waals surface area contributed by atoms with E-state index in [1.807, 2.05) is 18.2 Å². The molecule has 1 aromatic heterocycles. The maximum absolute atomic E-state index is 13.6. The summed E-state index contributed by atoms with van der Waals surface area (Å²) in [5.41, 5.74) is 1.83. The van der Waals surface area contributed by atoms with Gasteiger partial charge >= 0.3 is 0 Å². The van der Waals surface area contributed by atoms with Crippen LogP contribution in [0.25, 0.3) is 0 Å². The van der Waals surface area contributed by atoms with Crippen molar-refractivity contribution in [3.63, 3.8) is 0 Å². The molecule has 0 bridgehead atoms. The fourth-order valence-corrected chi connectivity index (χ4v) is 1.78. The highest BCUT2D eigenvalue weighted by Gasteiger charge is 2.03. The summed E-state index contributed by atoms with van der Waals surface area (Å²) in [5.74, 6) is 0.253. The molecule has 0 aliphatic carbocycles. The normalized spacial score (nSPS) is 10.8. The Balaban J connectivity index is 2.00. The standard InChI is InChI=1S/C16H19FN2O/c1-12(2)19-10-14-6-15(17)8-16(7-14)20-11-13-4-3-5-18-9-13/h3-9,12,19H,10-11H2,1-2H3. The lowest BCUT2D eigenvalue weighted by Crippen LogP contribution is -2.21. The van der Waals surface area contributed by atoms with Crippen LogP contribution in [0.15, 0.2) is 42.7 Å². The van der Waals surface area contributed by atoms with Gasteiger partial charge in [-0.05, 0) is 23.8 Å². The highest BCUT2D eigenvalue weighted by molar-refractivity contribution is 5.30. The average Bonchev–Trinajstić information content (AvgIpc) is 2.44. The Hall–Kier alpha value is -1.94. The molecular weight excluding hydrogens is 255 g/mol. The molecule has 20 heavy (non-hydrogen) atoms. The van der Waals surface area contributed by atoms with Crippen molar-refractivity contribution in [3.05, 3.63) is 59.7 Å². The number of pyridine rings is 1. The minimum atomic E-state index is -0.283. The summed E-state index contributed by atoms with van der Waals surface area (Å²) < 4.78 is 19.2. The van der Waals surface area contributed by atoms with Crippen LogP contribution < -0.4 is 10.1 Å². The lowest BCUT2D eigenvalue weighted by atomic mass is 10.2. The third-order valence-electron chi connectivity index (χ3n) is 2.77. The van der Waals surface area contributed by atoms with Gasteiger partial charge in [0, 0.05) is 36.6 Å². The Morgan fingerprint density at radius 1 is 1.25 bits per heavy atom. The smallest absolute Gasteiger partial charge is 0.127 e. The zero-order chi connectivity index (χ0) is 14.4. The molecule has 0 fully saturated rings. The van der Waals surface area contributed by atoms with Gasteiger partial charge in [0.1, 0.15) is 18.2 Å². The van der Waals surface area contributed by atoms with E-state index in [0.717, 1.165) is 11.1 Å². The number of nitrogens with one attached hydrogen (secondary N) is 1. The van der Waals surface area contributed by atoms with Crippen molar-refractivity contribution in [1.29, 1.82) is 0 Å². The van der Waals surface area contributed by atoms with Crippen LogP contribution in [0.3, 0.4) is 0 Å². The number of halogens is 1. The Morgan fingerprint density at radius 3 is 2.80 bits per heavy atom. The third kappa shape index (κ3) is 4.63. The zero-order valence-electron chi connectivity index (χ0n) is 11.8. The van der Waals surface area contributed by atoms with Gasteiger partial charge in [-0.2, -0.15) is 0 Å². The number of rotatable bonds is 6. The van der Waals surface area contributed by atoms with Crippen LogP contribution in [0.4, 0.5) is 4.39 Å². The number of aromatic nitrogens is 1. The van der Waals surface area contributed by atoms with E-state index in [4.69, 9.17) is 4.74 Å². The lowest BCUT2D eigenvalue weighted by molar-refractivity contribution is 0.303. The van der Waals surface area contributed by atoms with Gasteiger partial charge in [-0.15, -0.1) is 0 Å². The molecule has 4 heteroatoms. The second-order valence-corrected chi connectivity index (χ2v) is 4.98. The van der Waals surface area contributed by atoms with Crippen LogP contribution in [0.2, 0.25) is 0 Å². The molecule has 0 saturated carbocycles. The Bertz CT molecular complexity index is 543. The SMILES string of the molecule is CC(C)NCc1cc(F)cc(OCc2cccnc2)c1. The first kappa shape index (κ1) is 14.5. The molecule has 106 valence electrons. The molecule has 1 N–H and O–H groups in total. The van der Waals surface area contributed by atoms with Crippen LogP contribution in [-0.4, -0.2) is 11.0 Å². The summed E-state index contributed by atoms with van der Waals surface area (Å²) in [4.78, 5) is 4.02. The molecule has 0 saturated heterocycles. The van der Waals surface area contributed by atoms with Crippen LogP contribution in [-0.2, 0) is 13.2 Å². The van der Waals surface area contributed by atoms with Crippen LogP contribution in [0, 0.1) is 5.82 Å². The largest absolute Gasteiger partial charge is 0.489 e. The van der Waals surface area contributed by atoms with Crippen LogP contribution >= 0.6 is 0 Å². The molecule has 1 heterocycles. The van der Waals surface area contributed by atoms with Crippen molar-refractivity contribution in [2.45, 2.75) is 33.0 Å². The number of hydrogen-bond acceptors (Lipinski definition) is 3. The average molecular weight is 274 g/mol. The molecule has 1 aromatic carbocycles. The highest BCUT2D eigenvalue weighted by Crippen LogP contribution is 2.18. The summed E-state index contributed by atoms with van der Waals surface area (Å²) in [7, 11) is 0. The van der Waals surface area contributed by atoms with Crippen molar-refractivity contribution in [2.75, 3.05) is 0 Å². The third-order valence-corrected chi connectivity index (χ3v) is 2.77. The number of nitrogens with zero attached hydrogens (tertiary/aromatic N) is 1. The summed E-state index contributed by atoms with van der Waals surface area (Å²) in [6.45, 7) is 5.12. The van der Waals surface area contributed by atoms with Gasteiger partial charge in [-0.25, -0.2) is 4.39 Å². The van der Waals surface area contributed by atoms with E-state index in [1.54, 1.807) is 12.4 Å². The first-order valence-electron chi connectivity index (χ1n) is 6.68. The first-order valence-corrected chi connectivity index (χ1v) is 6.68. The fourth-order valence-electron chi connectivity index (χ4n) is 1.78. The summed E-state index contributed by atoms with van der Waals surface area (Å²) in [6.07, 6.45) is 3.45. The second-order valence-electron chi connectivity index (χ2n) is 4.98. The van der Waals surface area contributed by atoms with E-state index in [9.17, 15) is 4.39 Å². The summed E-state index contributed by atoms with van der Waals surface area (Å²) in [6, 6.07) is 8.91. The molecule has 0 atom stereocenters. The Labute approximate surface area is 118 Å². The van der Waals surface area contributed by atoms with Crippen molar-refractivity contribution in [3.8, 4) is 5.75 Å². The van der Waals surface area contributed by atoms with Gasteiger partial charge in [0.25, 0.3) is 0 Å². The second kappa shape index (κ2) is 7.01. The minimum Gasteiger partial charge on any atom is -0.489 e. The van der Waals surface area contributed by atoms with E-state index < -0.39 is 0 Å².